The number of benzene rings is 2. The molecule has 1 saturated heterocycles. The molecule has 1 fully saturated rings. The van der Waals surface area contributed by atoms with Crippen molar-refractivity contribution in [3.8, 4) is 5.75 Å². The third-order valence-electron chi connectivity index (χ3n) is 5.72. The summed E-state index contributed by atoms with van der Waals surface area (Å²) >= 11 is 0. The minimum atomic E-state index is -0.101. The van der Waals surface area contributed by atoms with E-state index in [0.717, 1.165) is 56.1 Å². The number of nitrogens with zero attached hydrogens (tertiary/aromatic N) is 2. The van der Waals surface area contributed by atoms with Gasteiger partial charge >= 0.3 is 0 Å². The lowest BCUT2D eigenvalue weighted by Crippen LogP contribution is -2.46. The number of nitrogens with one attached hydrogen (secondary N) is 1. The Kier molecular flexibility index (Phi) is 7.75. The molecule has 0 atom stereocenters. The number of carbonyl (C=O) groups is 1. The maximum atomic E-state index is 12.7. The Morgan fingerprint density at radius 1 is 1.07 bits per heavy atom. The van der Waals surface area contributed by atoms with Crippen molar-refractivity contribution in [3.05, 3.63) is 53.6 Å². The van der Waals surface area contributed by atoms with E-state index in [1.54, 1.807) is 0 Å². The maximum absolute atomic E-state index is 12.7. The van der Waals surface area contributed by atoms with Crippen molar-refractivity contribution in [2.24, 2.45) is 5.92 Å². The predicted octanol–water partition coefficient (Wildman–Crippen LogP) is 4.81. The molecule has 3 rings (SSSR count). The first kappa shape index (κ1) is 22.2. The van der Waals surface area contributed by atoms with Gasteiger partial charge in [0.1, 0.15) is 5.75 Å². The lowest BCUT2D eigenvalue weighted by atomic mass is 10.1. The maximum Gasteiger partial charge on any atom is 0.255 e. The molecule has 1 aliphatic rings. The van der Waals surface area contributed by atoms with Crippen LogP contribution in [-0.4, -0.2) is 50.1 Å². The third kappa shape index (κ3) is 5.99. The van der Waals surface area contributed by atoms with E-state index in [-0.39, 0.29) is 5.91 Å². The number of likely N-dealkylation sites (N-methyl/N-ethyl adjacent to an activating group) is 1. The Morgan fingerprint density at radius 2 is 1.77 bits per heavy atom. The van der Waals surface area contributed by atoms with Crippen LogP contribution in [0.4, 0.5) is 11.4 Å². The number of carbonyl (C=O) groups excluding carboxylic acids is 1. The molecule has 0 radical (unpaired) electrons. The molecule has 0 bridgehead atoms. The quantitative estimate of drug-likeness (QED) is 0.679. The highest BCUT2D eigenvalue weighted by Gasteiger charge is 2.17. The number of aryl methyl sites for hydroxylation is 1. The molecule has 5 heteroatoms. The van der Waals surface area contributed by atoms with Crippen molar-refractivity contribution in [1.29, 1.82) is 0 Å². The summed E-state index contributed by atoms with van der Waals surface area (Å²) in [5.74, 6) is 1.32. The second kappa shape index (κ2) is 10.5. The van der Waals surface area contributed by atoms with Crippen molar-refractivity contribution >= 4 is 17.3 Å². The first-order chi connectivity index (χ1) is 14.5. The van der Waals surface area contributed by atoms with Crippen LogP contribution < -0.4 is 15.0 Å². The molecule has 5 nitrogen and oxygen atoms in total. The molecule has 1 aliphatic heterocycles. The number of hydrogen-bond donors (Lipinski definition) is 1. The Labute approximate surface area is 181 Å². The smallest absolute Gasteiger partial charge is 0.255 e. The van der Waals surface area contributed by atoms with Gasteiger partial charge in [-0.15, -0.1) is 0 Å². The van der Waals surface area contributed by atoms with Crippen LogP contribution >= 0.6 is 0 Å². The number of ether oxygens (including phenoxy) is 1. The zero-order chi connectivity index (χ0) is 21.5. The van der Waals surface area contributed by atoms with Gasteiger partial charge in [-0.05, 0) is 73.8 Å². The summed E-state index contributed by atoms with van der Waals surface area (Å²) in [4.78, 5) is 17.6. The summed E-state index contributed by atoms with van der Waals surface area (Å²) in [7, 11) is 0. The van der Waals surface area contributed by atoms with E-state index in [4.69, 9.17) is 4.74 Å². The van der Waals surface area contributed by atoms with E-state index < -0.39 is 0 Å². The Morgan fingerprint density at radius 3 is 2.37 bits per heavy atom. The van der Waals surface area contributed by atoms with Crippen LogP contribution in [0.5, 0.6) is 5.75 Å². The summed E-state index contributed by atoms with van der Waals surface area (Å²) in [6.07, 6.45) is 1.02. The van der Waals surface area contributed by atoms with Gasteiger partial charge in [0.2, 0.25) is 0 Å². The average molecular weight is 410 g/mol. The minimum Gasteiger partial charge on any atom is -0.494 e. The lowest BCUT2D eigenvalue weighted by molar-refractivity contribution is 0.102. The molecule has 2 aromatic rings. The van der Waals surface area contributed by atoms with Crippen LogP contribution in [0.1, 0.15) is 43.1 Å². The van der Waals surface area contributed by atoms with Crippen LogP contribution in [0.3, 0.4) is 0 Å². The molecule has 1 N–H and O–H groups in total. The van der Waals surface area contributed by atoms with Crippen molar-refractivity contribution in [2.45, 2.75) is 34.1 Å². The monoisotopic (exact) mass is 409 g/mol. The Hall–Kier alpha value is -2.53. The molecule has 30 heavy (non-hydrogen) atoms. The predicted molar refractivity (Wildman–Crippen MR) is 125 cm³/mol. The van der Waals surface area contributed by atoms with E-state index in [0.29, 0.717) is 18.1 Å². The van der Waals surface area contributed by atoms with Crippen LogP contribution in [0, 0.1) is 12.8 Å². The van der Waals surface area contributed by atoms with Gasteiger partial charge in [-0.25, -0.2) is 0 Å². The van der Waals surface area contributed by atoms with Gasteiger partial charge < -0.3 is 19.9 Å². The van der Waals surface area contributed by atoms with Crippen LogP contribution in [0.15, 0.2) is 42.5 Å². The van der Waals surface area contributed by atoms with Gasteiger partial charge in [-0.3, -0.25) is 4.79 Å². The van der Waals surface area contributed by atoms with Gasteiger partial charge in [-0.1, -0.05) is 20.8 Å². The largest absolute Gasteiger partial charge is 0.494 e. The molecule has 0 unspecified atom stereocenters. The van der Waals surface area contributed by atoms with Crippen molar-refractivity contribution in [3.63, 3.8) is 0 Å². The summed E-state index contributed by atoms with van der Waals surface area (Å²) in [6.45, 7) is 14.7. The molecule has 0 aromatic heterocycles. The van der Waals surface area contributed by atoms with E-state index in [9.17, 15) is 4.79 Å². The molecule has 1 heterocycles. The first-order valence-electron chi connectivity index (χ1n) is 11.1. The summed E-state index contributed by atoms with van der Waals surface area (Å²) < 4.78 is 5.73. The zero-order valence-electron chi connectivity index (χ0n) is 18.8. The highest BCUT2D eigenvalue weighted by Crippen LogP contribution is 2.24. The fourth-order valence-electron chi connectivity index (χ4n) is 3.62. The fourth-order valence-corrected chi connectivity index (χ4v) is 3.62. The van der Waals surface area contributed by atoms with Crippen LogP contribution in [0.2, 0.25) is 0 Å². The second-order valence-corrected chi connectivity index (χ2v) is 8.43. The highest BCUT2D eigenvalue weighted by atomic mass is 16.5. The van der Waals surface area contributed by atoms with Gasteiger partial charge in [0.15, 0.2) is 0 Å². The number of anilines is 2. The molecule has 1 amide bonds. The zero-order valence-corrected chi connectivity index (χ0v) is 18.8. The van der Waals surface area contributed by atoms with E-state index in [1.807, 2.05) is 37.3 Å². The topological polar surface area (TPSA) is 44.8 Å². The SMILES string of the molecule is CCN1CCN(c2ccc(NC(=O)c3ccc(OCCC(C)C)cc3)c(C)c2)CC1. The van der Waals surface area contributed by atoms with Gasteiger partial charge in [0, 0.05) is 43.1 Å². The van der Waals surface area contributed by atoms with Crippen molar-refractivity contribution < 1.29 is 9.53 Å². The minimum absolute atomic E-state index is 0.101. The fraction of sp³-hybridized carbons (Fsp3) is 0.480. The summed E-state index contributed by atoms with van der Waals surface area (Å²) in [6, 6.07) is 13.6. The number of piperazine rings is 1. The molecular formula is C25H35N3O2. The van der Waals surface area contributed by atoms with Gasteiger partial charge in [0.25, 0.3) is 5.91 Å². The van der Waals surface area contributed by atoms with Gasteiger partial charge in [0.05, 0.1) is 6.61 Å². The van der Waals surface area contributed by atoms with E-state index in [1.165, 1.54) is 5.69 Å². The lowest BCUT2D eigenvalue weighted by Gasteiger charge is -2.35. The normalized spacial score (nSPS) is 14.8. The van der Waals surface area contributed by atoms with E-state index in [2.05, 4.69) is 48.0 Å². The number of amides is 1. The standard InChI is InChI=1S/C25H35N3O2/c1-5-27-13-15-28(16-14-27)22-8-11-24(20(4)18-22)26-25(29)21-6-9-23(10-7-21)30-17-12-19(2)3/h6-11,18-19H,5,12-17H2,1-4H3,(H,26,29). The third-order valence-corrected chi connectivity index (χ3v) is 5.72. The highest BCUT2D eigenvalue weighted by molar-refractivity contribution is 6.04. The number of hydrogen-bond acceptors (Lipinski definition) is 4. The average Bonchev–Trinajstić information content (AvgIpc) is 2.75. The Bertz CT molecular complexity index is 825. The molecular weight excluding hydrogens is 374 g/mol. The van der Waals surface area contributed by atoms with Gasteiger partial charge in [-0.2, -0.15) is 0 Å². The summed E-state index contributed by atoms with van der Waals surface area (Å²) in [5, 5.41) is 3.04. The molecule has 0 aliphatic carbocycles. The van der Waals surface area contributed by atoms with Crippen LogP contribution in [-0.2, 0) is 0 Å². The molecule has 2 aromatic carbocycles. The number of rotatable bonds is 8. The molecule has 162 valence electrons. The van der Waals surface area contributed by atoms with Crippen molar-refractivity contribution in [2.75, 3.05) is 49.5 Å². The second-order valence-electron chi connectivity index (χ2n) is 8.43. The first-order valence-corrected chi connectivity index (χ1v) is 11.1. The van der Waals surface area contributed by atoms with E-state index >= 15 is 0 Å². The Balaban J connectivity index is 1.57. The molecule has 0 spiro atoms. The summed E-state index contributed by atoms with van der Waals surface area (Å²) in [5.41, 5.74) is 3.79. The van der Waals surface area contributed by atoms with Crippen molar-refractivity contribution in [1.82, 2.24) is 4.90 Å². The van der Waals surface area contributed by atoms with Crippen LogP contribution in [0.25, 0.3) is 0 Å². The molecule has 0 saturated carbocycles.